The molecule has 0 aromatic heterocycles. The first-order chi connectivity index (χ1) is 6.63. The number of carbonyl (C=O) groups excluding carboxylic acids is 1. The monoisotopic (exact) mass is 218 g/mol. The molecule has 0 aromatic rings. The lowest BCUT2D eigenvalue weighted by atomic mass is 10.3. The smallest absolute Gasteiger partial charge is 0.240 e. The van der Waals surface area contributed by atoms with Gasteiger partial charge in [-0.15, -0.1) is 11.6 Å². The van der Waals surface area contributed by atoms with Crippen LogP contribution < -0.4 is 0 Å². The van der Waals surface area contributed by atoms with E-state index in [1.54, 1.807) is 18.9 Å². The summed E-state index contributed by atoms with van der Waals surface area (Å²) in [4.78, 5) is 13.0. The van der Waals surface area contributed by atoms with Gasteiger partial charge < -0.3 is 9.64 Å². The predicted octanol–water partition coefficient (Wildman–Crippen LogP) is 1.00. The first kappa shape index (κ1) is 13.2. The maximum atomic E-state index is 11.5. The minimum absolute atomic E-state index is 0.154. The number of amides is 1. The van der Waals surface area contributed by atoms with Crippen LogP contribution in [0.3, 0.4) is 0 Å². The molecule has 0 radical (unpaired) electrons. The number of methoxy groups -OCH3 is 1. The van der Waals surface area contributed by atoms with Gasteiger partial charge in [0.1, 0.15) is 5.38 Å². The van der Waals surface area contributed by atoms with Crippen LogP contribution in [0.5, 0.6) is 0 Å². The number of halogens is 1. The normalized spacial score (nSPS) is 11.9. The van der Waals surface area contributed by atoms with Crippen LogP contribution >= 0.6 is 11.6 Å². The fourth-order valence-corrected chi connectivity index (χ4v) is 1.11. The molecule has 0 saturated heterocycles. The van der Waals surface area contributed by atoms with E-state index in [9.17, 15) is 4.79 Å². The van der Waals surface area contributed by atoms with Crippen molar-refractivity contribution >= 4 is 17.5 Å². The zero-order valence-corrected chi connectivity index (χ0v) is 9.25. The van der Waals surface area contributed by atoms with Crippen molar-refractivity contribution < 1.29 is 9.53 Å². The fraction of sp³-hybridized carbons (Fsp3) is 0.778. The second-order valence-electron chi connectivity index (χ2n) is 2.84. The highest BCUT2D eigenvalue weighted by Crippen LogP contribution is 2.02. The van der Waals surface area contributed by atoms with E-state index in [0.717, 1.165) is 0 Å². The second kappa shape index (κ2) is 7.60. The Balaban J connectivity index is 4.09. The van der Waals surface area contributed by atoms with Crippen molar-refractivity contribution in [3.63, 3.8) is 0 Å². The van der Waals surface area contributed by atoms with Gasteiger partial charge in [-0.05, 0) is 6.92 Å². The molecule has 0 aliphatic carbocycles. The Labute approximate surface area is 89.4 Å². The quantitative estimate of drug-likeness (QED) is 0.625. The molecular formula is C9H15ClN2O2. The highest BCUT2D eigenvalue weighted by atomic mass is 35.5. The van der Waals surface area contributed by atoms with Gasteiger partial charge in [0.05, 0.1) is 19.1 Å². The van der Waals surface area contributed by atoms with Gasteiger partial charge in [0.25, 0.3) is 0 Å². The summed E-state index contributed by atoms with van der Waals surface area (Å²) in [5, 5.41) is 7.86. The van der Waals surface area contributed by atoms with Crippen LogP contribution in [0.25, 0.3) is 0 Å². The summed E-state index contributed by atoms with van der Waals surface area (Å²) in [7, 11) is 1.57. The van der Waals surface area contributed by atoms with Gasteiger partial charge in [0, 0.05) is 20.2 Å². The Morgan fingerprint density at radius 2 is 2.29 bits per heavy atom. The van der Waals surface area contributed by atoms with Gasteiger partial charge in [-0.25, -0.2) is 0 Å². The Hall–Kier alpha value is -0.790. The van der Waals surface area contributed by atoms with Crippen LogP contribution in [0.4, 0.5) is 0 Å². The summed E-state index contributed by atoms with van der Waals surface area (Å²) in [6, 6.07) is 1.99. The average molecular weight is 219 g/mol. The number of nitriles is 1. The third kappa shape index (κ3) is 5.05. The Kier molecular flexibility index (Phi) is 7.17. The van der Waals surface area contributed by atoms with Crippen molar-refractivity contribution in [1.82, 2.24) is 4.90 Å². The molecule has 1 amide bonds. The summed E-state index contributed by atoms with van der Waals surface area (Å²) < 4.78 is 4.86. The molecule has 0 aliphatic rings. The van der Waals surface area contributed by atoms with Crippen molar-refractivity contribution in [3.8, 4) is 6.07 Å². The van der Waals surface area contributed by atoms with Crippen LogP contribution in [0.2, 0.25) is 0 Å². The predicted molar refractivity (Wildman–Crippen MR) is 54.0 cm³/mol. The summed E-state index contributed by atoms with van der Waals surface area (Å²) in [5.74, 6) is -0.154. The van der Waals surface area contributed by atoms with E-state index in [2.05, 4.69) is 0 Å². The van der Waals surface area contributed by atoms with Crippen molar-refractivity contribution in [2.75, 3.05) is 26.8 Å². The molecule has 0 saturated carbocycles. The van der Waals surface area contributed by atoms with Crippen molar-refractivity contribution in [3.05, 3.63) is 0 Å². The van der Waals surface area contributed by atoms with E-state index in [1.807, 2.05) is 6.07 Å². The van der Waals surface area contributed by atoms with E-state index in [-0.39, 0.29) is 5.91 Å². The molecule has 0 aliphatic heterocycles. The number of hydrogen-bond acceptors (Lipinski definition) is 3. The molecule has 0 aromatic carbocycles. The molecule has 80 valence electrons. The highest BCUT2D eigenvalue weighted by Gasteiger charge is 2.17. The topological polar surface area (TPSA) is 53.3 Å². The van der Waals surface area contributed by atoms with Gasteiger partial charge in [0.15, 0.2) is 0 Å². The molecule has 0 fully saturated rings. The minimum Gasteiger partial charge on any atom is -0.383 e. The molecule has 5 heteroatoms. The van der Waals surface area contributed by atoms with Gasteiger partial charge in [-0.2, -0.15) is 5.26 Å². The van der Waals surface area contributed by atoms with E-state index < -0.39 is 5.38 Å². The van der Waals surface area contributed by atoms with Crippen LogP contribution in [0, 0.1) is 11.3 Å². The maximum absolute atomic E-state index is 11.5. The second-order valence-corrected chi connectivity index (χ2v) is 3.50. The Bertz CT molecular complexity index is 213. The molecule has 14 heavy (non-hydrogen) atoms. The van der Waals surface area contributed by atoms with Crippen LogP contribution in [-0.4, -0.2) is 43.0 Å². The van der Waals surface area contributed by atoms with E-state index in [0.29, 0.717) is 26.1 Å². The summed E-state index contributed by atoms with van der Waals surface area (Å²) >= 11 is 5.67. The molecule has 0 N–H and O–H groups in total. The number of rotatable bonds is 6. The largest absolute Gasteiger partial charge is 0.383 e. The molecule has 0 heterocycles. The Morgan fingerprint density at radius 3 is 2.71 bits per heavy atom. The number of carbonyl (C=O) groups is 1. The summed E-state index contributed by atoms with van der Waals surface area (Å²) in [5.41, 5.74) is 0. The highest BCUT2D eigenvalue weighted by molar-refractivity contribution is 6.30. The standard InChI is InChI=1S/C9H15ClN2O2/c1-8(10)9(13)12(5-3-4-11)6-7-14-2/h8H,3,5-7H2,1-2H3. The van der Waals surface area contributed by atoms with E-state index >= 15 is 0 Å². The molecule has 4 nitrogen and oxygen atoms in total. The molecule has 0 spiro atoms. The van der Waals surface area contributed by atoms with Crippen LogP contribution in [0.15, 0.2) is 0 Å². The maximum Gasteiger partial charge on any atom is 0.240 e. The molecule has 1 unspecified atom stereocenters. The third-order valence-electron chi connectivity index (χ3n) is 1.71. The summed E-state index contributed by atoms with van der Waals surface area (Å²) in [6.07, 6.45) is 0.319. The zero-order valence-electron chi connectivity index (χ0n) is 8.49. The van der Waals surface area contributed by atoms with Gasteiger partial charge >= 0.3 is 0 Å². The lowest BCUT2D eigenvalue weighted by molar-refractivity contribution is -0.131. The van der Waals surface area contributed by atoms with Gasteiger partial charge in [-0.3, -0.25) is 4.79 Å². The lowest BCUT2D eigenvalue weighted by Gasteiger charge is -2.22. The van der Waals surface area contributed by atoms with Crippen LogP contribution in [-0.2, 0) is 9.53 Å². The van der Waals surface area contributed by atoms with Crippen molar-refractivity contribution in [2.45, 2.75) is 18.7 Å². The average Bonchev–Trinajstić information content (AvgIpc) is 2.17. The van der Waals surface area contributed by atoms with Gasteiger partial charge in [-0.1, -0.05) is 0 Å². The number of hydrogen-bond donors (Lipinski definition) is 0. The van der Waals surface area contributed by atoms with Gasteiger partial charge in [0.2, 0.25) is 5.91 Å². The molecule has 0 rings (SSSR count). The number of alkyl halides is 1. The van der Waals surface area contributed by atoms with Crippen molar-refractivity contribution in [1.29, 1.82) is 5.26 Å². The first-order valence-electron chi connectivity index (χ1n) is 4.42. The minimum atomic E-state index is -0.550. The summed E-state index contributed by atoms with van der Waals surface area (Å²) in [6.45, 7) is 2.97. The molecule has 0 bridgehead atoms. The molecular weight excluding hydrogens is 204 g/mol. The zero-order chi connectivity index (χ0) is 11.0. The van der Waals surface area contributed by atoms with Crippen LogP contribution in [0.1, 0.15) is 13.3 Å². The lowest BCUT2D eigenvalue weighted by Crippen LogP contribution is -2.38. The number of nitrogens with zero attached hydrogens (tertiary/aromatic N) is 2. The third-order valence-corrected chi connectivity index (χ3v) is 1.90. The fourth-order valence-electron chi connectivity index (χ4n) is 0.970. The SMILES string of the molecule is COCCN(CCC#N)C(=O)C(C)Cl. The Morgan fingerprint density at radius 1 is 1.64 bits per heavy atom. The van der Waals surface area contributed by atoms with Crippen molar-refractivity contribution in [2.24, 2.45) is 0 Å². The number of ether oxygens (including phenoxy) is 1. The first-order valence-corrected chi connectivity index (χ1v) is 4.85. The van der Waals surface area contributed by atoms with E-state index in [1.165, 1.54) is 0 Å². The molecule has 1 atom stereocenters. The van der Waals surface area contributed by atoms with E-state index in [4.69, 9.17) is 21.6 Å².